The van der Waals surface area contributed by atoms with Gasteiger partial charge < -0.3 is 20.6 Å². The number of amides is 1. The molecule has 0 spiro atoms. The van der Waals surface area contributed by atoms with Crippen LogP contribution >= 0.6 is 0 Å². The molecule has 0 atom stereocenters. The summed E-state index contributed by atoms with van der Waals surface area (Å²) in [5.74, 6) is 0.896. The zero-order valence-electron chi connectivity index (χ0n) is 18.9. The zero-order valence-corrected chi connectivity index (χ0v) is 18.9. The first-order chi connectivity index (χ1) is 15.9. The van der Waals surface area contributed by atoms with E-state index in [1.165, 1.54) is 4.90 Å². The summed E-state index contributed by atoms with van der Waals surface area (Å²) in [7, 11) is 0. The Hall–Kier alpha value is -3.89. The van der Waals surface area contributed by atoms with E-state index in [9.17, 15) is 23.1 Å². The van der Waals surface area contributed by atoms with Crippen LogP contribution in [-0.4, -0.2) is 49.7 Å². The molecule has 180 valence electrons. The largest absolute Gasteiger partial charge is 0.465 e. The average molecular weight is 474 g/mol. The van der Waals surface area contributed by atoms with Gasteiger partial charge in [0.2, 0.25) is 0 Å². The van der Waals surface area contributed by atoms with Gasteiger partial charge in [0.05, 0.1) is 11.3 Å². The van der Waals surface area contributed by atoms with E-state index in [0.29, 0.717) is 23.9 Å². The van der Waals surface area contributed by atoms with Gasteiger partial charge in [0, 0.05) is 36.6 Å². The van der Waals surface area contributed by atoms with Crippen molar-refractivity contribution >= 4 is 23.5 Å². The van der Waals surface area contributed by atoms with Gasteiger partial charge in [0.1, 0.15) is 17.5 Å². The maximum Gasteiger partial charge on any atom is 0.416 e. The number of nitrogens with one attached hydrogen (secondary N) is 2. The molecule has 0 saturated heterocycles. The number of rotatable bonds is 7. The van der Waals surface area contributed by atoms with Crippen LogP contribution in [0.4, 0.5) is 35.4 Å². The highest BCUT2D eigenvalue weighted by Gasteiger charge is 2.30. The molecule has 3 aromatic rings. The standard InChI is InChI=1S/C23H25F3N6O2/c1-22(2,3)32(21(33)34)12-11-29-19-13-15(7-9-27-19)17-5-4-6-18(30-17)31-20-14-16(8-10-28-20)23(24,25)26/h4-10,13-14H,11-12H2,1-3H3,(H,27,29)(H,33,34)(H,28,30,31). The summed E-state index contributed by atoms with van der Waals surface area (Å²) < 4.78 is 38.8. The third-order valence-corrected chi connectivity index (χ3v) is 4.83. The molecule has 0 aliphatic rings. The zero-order chi connectivity index (χ0) is 24.9. The predicted molar refractivity (Wildman–Crippen MR) is 123 cm³/mol. The van der Waals surface area contributed by atoms with Crippen molar-refractivity contribution < 1.29 is 23.1 Å². The van der Waals surface area contributed by atoms with E-state index in [-0.39, 0.29) is 12.4 Å². The van der Waals surface area contributed by atoms with Crippen molar-refractivity contribution in [2.45, 2.75) is 32.5 Å². The van der Waals surface area contributed by atoms with Gasteiger partial charge in [0.25, 0.3) is 0 Å². The lowest BCUT2D eigenvalue weighted by Gasteiger charge is -2.33. The Morgan fingerprint density at radius 2 is 1.71 bits per heavy atom. The van der Waals surface area contributed by atoms with E-state index in [1.54, 1.807) is 36.5 Å². The van der Waals surface area contributed by atoms with Crippen molar-refractivity contribution in [3.05, 3.63) is 60.4 Å². The smallest absolute Gasteiger partial charge is 0.416 e. The fraction of sp³-hybridized carbons (Fsp3) is 0.304. The summed E-state index contributed by atoms with van der Waals surface area (Å²) in [4.78, 5) is 25.4. The van der Waals surface area contributed by atoms with Crippen molar-refractivity contribution in [1.82, 2.24) is 19.9 Å². The highest BCUT2D eigenvalue weighted by molar-refractivity contribution is 5.67. The van der Waals surface area contributed by atoms with Crippen LogP contribution in [-0.2, 0) is 6.18 Å². The highest BCUT2D eigenvalue weighted by Crippen LogP contribution is 2.30. The second-order valence-corrected chi connectivity index (χ2v) is 8.42. The Kier molecular flexibility index (Phi) is 7.23. The summed E-state index contributed by atoms with van der Waals surface area (Å²) in [6, 6.07) is 10.4. The molecule has 8 nitrogen and oxygen atoms in total. The molecule has 11 heteroatoms. The van der Waals surface area contributed by atoms with Gasteiger partial charge >= 0.3 is 12.3 Å². The van der Waals surface area contributed by atoms with Gasteiger partial charge in [0.15, 0.2) is 0 Å². The van der Waals surface area contributed by atoms with Crippen LogP contribution in [0.25, 0.3) is 11.3 Å². The molecule has 3 heterocycles. The number of nitrogens with zero attached hydrogens (tertiary/aromatic N) is 4. The van der Waals surface area contributed by atoms with E-state index in [2.05, 4.69) is 25.6 Å². The van der Waals surface area contributed by atoms with Crippen molar-refractivity contribution in [1.29, 1.82) is 0 Å². The molecule has 0 aliphatic carbocycles. The maximum absolute atomic E-state index is 12.9. The van der Waals surface area contributed by atoms with Gasteiger partial charge in [-0.1, -0.05) is 6.07 Å². The number of alkyl halides is 3. The van der Waals surface area contributed by atoms with Crippen molar-refractivity contribution in [2.24, 2.45) is 0 Å². The molecule has 34 heavy (non-hydrogen) atoms. The SMILES string of the molecule is CC(C)(C)N(CCNc1cc(-c2cccc(Nc3cc(C(F)(F)F)ccn3)n2)ccn1)C(=O)O. The lowest BCUT2D eigenvalue weighted by Crippen LogP contribution is -2.47. The first-order valence-electron chi connectivity index (χ1n) is 10.4. The molecule has 0 radical (unpaired) electrons. The third-order valence-electron chi connectivity index (χ3n) is 4.83. The van der Waals surface area contributed by atoms with E-state index in [4.69, 9.17) is 0 Å². The molecule has 3 N–H and O–H groups in total. The minimum atomic E-state index is -4.47. The second kappa shape index (κ2) is 9.94. The summed E-state index contributed by atoms with van der Waals surface area (Å²) in [5, 5.41) is 15.3. The van der Waals surface area contributed by atoms with Gasteiger partial charge in [-0.3, -0.25) is 0 Å². The minimum absolute atomic E-state index is 0.0263. The Morgan fingerprint density at radius 3 is 2.38 bits per heavy atom. The number of aromatic nitrogens is 3. The molecule has 0 aromatic carbocycles. The maximum atomic E-state index is 12.9. The quantitative estimate of drug-likeness (QED) is 0.416. The monoisotopic (exact) mass is 474 g/mol. The number of anilines is 3. The van der Waals surface area contributed by atoms with Crippen LogP contribution in [0, 0.1) is 0 Å². The van der Waals surface area contributed by atoms with Gasteiger partial charge in [-0.05, 0) is 57.2 Å². The molecular formula is C23H25F3N6O2. The molecule has 0 saturated carbocycles. The van der Waals surface area contributed by atoms with Gasteiger partial charge in [-0.2, -0.15) is 13.2 Å². The molecule has 0 aliphatic heterocycles. The number of carboxylic acid groups (broad SMARTS) is 1. The predicted octanol–water partition coefficient (Wildman–Crippen LogP) is 5.49. The highest BCUT2D eigenvalue weighted by atomic mass is 19.4. The van der Waals surface area contributed by atoms with E-state index >= 15 is 0 Å². The summed E-state index contributed by atoms with van der Waals surface area (Å²) in [6.45, 7) is 6.09. The Balaban J connectivity index is 1.71. The lowest BCUT2D eigenvalue weighted by atomic mass is 10.1. The van der Waals surface area contributed by atoms with Crippen LogP contribution in [0.2, 0.25) is 0 Å². The number of hydrogen-bond acceptors (Lipinski definition) is 6. The van der Waals surface area contributed by atoms with Crippen LogP contribution in [0.5, 0.6) is 0 Å². The van der Waals surface area contributed by atoms with Crippen LogP contribution in [0.3, 0.4) is 0 Å². The summed E-state index contributed by atoms with van der Waals surface area (Å²) in [5.41, 5.74) is -0.0403. The lowest BCUT2D eigenvalue weighted by molar-refractivity contribution is -0.137. The third kappa shape index (κ3) is 6.56. The Bertz CT molecular complexity index is 1150. The van der Waals surface area contributed by atoms with E-state index in [1.807, 2.05) is 20.8 Å². The number of carbonyl (C=O) groups is 1. The number of hydrogen-bond donors (Lipinski definition) is 3. The first-order valence-corrected chi connectivity index (χ1v) is 10.4. The van der Waals surface area contributed by atoms with Crippen molar-refractivity contribution in [2.75, 3.05) is 23.7 Å². The fourth-order valence-electron chi connectivity index (χ4n) is 3.17. The number of pyridine rings is 3. The van der Waals surface area contributed by atoms with E-state index in [0.717, 1.165) is 23.9 Å². The average Bonchev–Trinajstić information content (AvgIpc) is 2.75. The normalized spacial score (nSPS) is 11.7. The molecular weight excluding hydrogens is 449 g/mol. The Morgan fingerprint density at radius 1 is 1.00 bits per heavy atom. The molecule has 0 fully saturated rings. The molecule has 0 bridgehead atoms. The second-order valence-electron chi connectivity index (χ2n) is 8.42. The number of halogens is 3. The Labute approximate surface area is 194 Å². The molecule has 0 unspecified atom stereocenters. The van der Waals surface area contributed by atoms with Gasteiger partial charge in [-0.25, -0.2) is 19.7 Å². The van der Waals surface area contributed by atoms with Gasteiger partial charge in [-0.15, -0.1) is 0 Å². The van der Waals surface area contributed by atoms with Crippen LogP contribution in [0.1, 0.15) is 26.3 Å². The van der Waals surface area contributed by atoms with Crippen LogP contribution in [0.15, 0.2) is 54.9 Å². The van der Waals surface area contributed by atoms with Crippen molar-refractivity contribution in [3.63, 3.8) is 0 Å². The molecule has 3 aromatic heterocycles. The first kappa shape index (κ1) is 24.7. The molecule has 3 rings (SSSR count). The minimum Gasteiger partial charge on any atom is -0.465 e. The van der Waals surface area contributed by atoms with E-state index < -0.39 is 23.4 Å². The fourth-order valence-corrected chi connectivity index (χ4v) is 3.17. The topological polar surface area (TPSA) is 103 Å². The molecule has 1 amide bonds. The van der Waals surface area contributed by atoms with Crippen LogP contribution < -0.4 is 10.6 Å². The summed E-state index contributed by atoms with van der Waals surface area (Å²) >= 11 is 0. The summed E-state index contributed by atoms with van der Waals surface area (Å²) in [6.07, 6.45) is -2.79. The van der Waals surface area contributed by atoms with Crippen molar-refractivity contribution in [3.8, 4) is 11.3 Å².